The van der Waals surface area contributed by atoms with Gasteiger partial charge in [-0.05, 0) is 37.6 Å². The molecule has 5 rings (SSSR count). The number of aliphatic imine (C=N–C) groups is 1. The summed E-state index contributed by atoms with van der Waals surface area (Å²) in [6.45, 7) is 9.95. The molecule has 2 aliphatic rings. The Balaban J connectivity index is 1.50. The quantitative estimate of drug-likeness (QED) is 0.309. The smallest absolute Gasteiger partial charge is 0.246 e. The van der Waals surface area contributed by atoms with Crippen molar-refractivity contribution in [1.29, 1.82) is 0 Å². The average Bonchev–Trinajstić information content (AvgIpc) is 3.63. The Morgan fingerprint density at radius 3 is 2.64 bits per heavy atom. The predicted octanol–water partition coefficient (Wildman–Crippen LogP) is 4.49. The van der Waals surface area contributed by atoms with Crippen LogP contribution in [0.25, 0.3) is 22.3 Å². The number of methoxy groups -OCH3 is 2. The first-order chi connectivity index (χ1) is 20.3. The molecular formula is C30H30FN7O4. The maximum atomic E-state index is 15.7. The number of carbonyl (C=O) groups excluding carboxylic acids is 1. The topological polar surface area (TPSA) is 130 Å². The van der Waals surface area contributed by atoms with Gasteiger partial charge >= 0.3 is 0 Å². The number of allylic oxidation sites excluding steroid dienone is 4. The first-order valence-corrected chi connectivity index (χ1v) is 13.1. The summed E-state index contributed by atoms with van der Waals surface area (Å²) in [6.07, 6.45) is 8.13. The lowest BCUT2D eigenvalue weighted by Gasteiger charge is -2.19. The molecule has 1 aliphatic heterocycles. The maximum absolute atomic E-state index is 15.7. The van der Waals surface area contributed by atoms with Crippen molar-refractivity contribution in [2.24, 2.45) is 4.99 Å². The van der Waals surface area contributed by atoms with Gasteiger partial charge in [-0.2, -0.15) is 5.10 Å². The van der Waals surface area contributed by atoms with E-state index in [-0.39, 0.29) is 29.1 Å². The van der Waals surface area contributed by atoms with E-state index in [2.05, 4.69) is 28.1 Å². The Morgan fingerprint density at radius 2 is 1.95 bits per heavy atom. The van der Waals surface area contributed by atoms with Crippen LogP contribution in [0.3, 0.4) is 0 Å². The van der Waals surface area contributed by atoms with Crippen LogP contribution in [0.15, 0.2) is 90.0 Å². The molecule has 42 heavy (non-hydrogen) atoms. The summed E-state index contributed by atoms with van der Waals surface area (Å²) < 4.78 is 34.3. The molecule has 3 aromatic rings. The van der Waals surface area contributed by atoms with Crippen LogP contribution in [0, 0.1) is 5.82 Å². The molecular weight excluding hydrogens is 541 g/mol. The van der Waals surface area contributed by atoms with Crippen LogP contribution in [0.4, 0.5) is 10.2 Å². The molecule has 0 saturated carbocycles. The highest BCUT2D eigenvalue weighted by Gasteiger charge is 2.30. The standard InChI is InChI=1S/C30H30FN7O4/c1-6-26(39)37-11-10-18(15-37)38-30-27(29(32)34-16-35-30)28(36-38)20-9-8-19(12-22(20)31)42-17(3)21-13-24(40-4)25(41-5)14-23(21)33-7-2/h6-9,12-14,16,18H,1-2,10-11,15H2,3-5H3,(H2,32,34,35)/b21-17+,33-23?/t18-/m1/s1. The lowest BCUT2D eigenvalue weighted by molar-refractivity contribution is -0.125. The van der Waals surface area contributed by atoms with Gasteiger partial charge in [-0.15, -0.1) is 0 Å². The molecule has 1 aliphatic carbocycles. The van der Waals surface area contributed by atoms with E-state index in [1.54, 1.807) is 40.8 Å². The fraction of sp³-hybridized carbons (Fsp3) is 0.233. The van der Waals surface area contributed by atoms with Gasteiger partial charge in [0.2, 0.25) is 5.91 Å². The van der Waals surface area contributed by atoms with Crippen molar-refractivity contribution in [3.05, 3.63) is 90.8 Å². The number of benzene rings is 1. The first kappa shape index (κ1) is 28.3. The minimum atomic E-state index is -0.576. The van der Waals surface area contributed by atoms with Crippen LogP contribution in [0.1, 0.15) is 19.4 Å². The molecule has 2 N–H and O–H groups in total. The fourth-order valence-electron chi connectivity index (χ4n) is 5.05. The Morgan fingerprint density at radius 1 is 1.19 bits per heavy atom. The molecule has 2 aromatic heterocycles. The average molecular weight is 572 g/mol. The van der Waals surface area contributed by atoms with Crippen molar-refractivity contribution in [3.63, 3.8) is 0 Å². The zero-order valence-corrected chi connectivity index (χ0v) is 23.5. The normalized spacial score (nSPS) is 18.9. The molecule has 1 atom stereocenters. The van der Waals surface area contributed by atoms with Crippen molar-refractivity contribution >= 4 is 28.5 Å². The second kappa shape index (κ2) is 11.7. The summed E-state index contributed by atoms with van der Waals surface area (Å²) in [5, 5.41) is 5.16. The molecule has 12 heteroatoms. The number of fused-ring (bicyclic) bond motifs is 1. The molecule has 11 nitrogen and oxygen atoms in total. The monoisotopic (exact) mass is 571 g/mol. The molecule has 216 valence electrons. The van der Waals surface area contributed by atoms with E-state index in [1.165, 1.54) is 38.9 Å². The van der Waals surface area contributed by atoms with Crippen molar-refractivity contribution in [2.75, 3.05) is 33.0 Å². The summed E-state index contributed by atoms with van der Waals surface area (Å²) in [4.78, 5) is 26.6. The minimum absolute atomic E-state index is 0.157. The minimum Gasteiger partial charge on any atom is -0.493 e. The number of hydrogen-bond donors (Lipinski definition) is 1. The number of carbonyl (C=O) groups is 1. The number of nitrogens with two attached hydrogens (primary N) is 1. The Hall–Kier alpha value is -5.26. The number of ether oxygens (including phenoxy) is 3. The van der Waals surface area contributed by atoms with Crippen LogP contribution in [0.2, 0.25) is 0 Å². The highest BCUT2D eigenvalue weighted by molar-refractivity contribution is 6.12. The van der Waals surface area contributed by atoms with Crippen LogP contribution < -0.4 is 10.5 Å². The summed E-state index contributed by atoms with van der Waals surface area (Å²) in [6, 6.07) is 4.31. The zero-order chi connectivity index (χ0) is 30.0. The summed E-state index contributed by atoms with van der Waals surface area (Å²) >= 11 is 0. The van der Waals surface area contributed by atoms with E-state index in [4.69, 9.17) is 25.0 Å². The third-order valence-electron chi connectivity index (χ3n) is 7.09. The largest absolute Gasteiger partial charge is 0.493 e. The fourth-order valence-corrected chi connectivity index (χ4v) is 5.05. The van der Waals surface area contributed by atoms with E-state index >= 15 is 4.39 Å². The lowest BCUT2D eigenvalue weighted by atomic mass is 10.0. The second-order valence-corrected chi connectivity index (χ2v) is 9.52. The molecule has 1 fully saturated rings. The van der Waals surface area contributed by atoms with E-state index in [0.29, 0.717) is 64.8 Å². The number of aromatic nitrogens is 4. The Labute approximate surface area is 241 Å². The molecule has 3 heterocycles. The Kier molecular flexibility index (Phi) is 7.87. The van der Waals surface area contributed by atoms with Gasteiger partial charge in [0.1, 0.15) is 35.2 Å². The van der Waals surface area contributed by atoms with Gasteiger partial charge in [-0.3, -0.25) is 9.79 Å². The van der Waals surface area contributed by atoms with Crippen LogP contribution >= 0.6 is 0 Å². The highest BCUT2D eigenvalue weighted by Crippen LogP contribution is 2.36. The van der Waals surface area contributed by atoms with E-state index < -0.39 is 5.82 Å². The third-order valence-corrected chi connectivity index (χ3v) is 7.09. The van der Waals surface area contributed by atoms with E-state index in [0.717, 1.165) is 0 Å². The number of anilines is 1. The van der Waals surface area contributed by atoms with Gasteiger partial charge in [0.25, 0.3) is 0 Å². The maximum Gasteiger partial charge on any atom is 0.246 e. The van der Waals surface area contributed by atoms with E-state index in [9.17, 15) is 4.79 Å². The van der Waals surface area contributed by atoms with Gasteiger partial charge in [0.15, 0.2) is 17.2 Å². The molecule has 0 unspecified atom stereocenters. The molecule has 0 bridgehead atoms. The molecule has 1 saturated heterocycles. The van der Waals surface area contributed by atoms with E-state index in [1.807, 2.05) is 0 Å². The number of hydrogen-bond acceptors (Lipinski definition) is 9. The van der Waals surface area contributed by atoms with Gasteiger partial charge < -0.3 is 24.8 Å². The summed E-state index contributed by atoms with van der Waals surface area (Å²) in [7, 11) is 3.06. The second-order valence-electron chi connectivity index (χ2n) is 9.52. The molecule has 1 amide bonds. The molecule has 1 aromatic carbocycles. The number of rotatable bonds is 8. The van der Waals surface area contributed by atoms with Crippen LogP contribution in [-0.4, -0.2) is 63.6 Å². The third kappa shape index (κ3) is 5.14. The van der Waals surface area contributed by atoms with Crippen molar-refractivity contribution in [2.45, 2.75) is 19.4 Å². The van der Waals surface area contributed by atoms with Gasteiger partial charge in [0.05, 0.1) is 31.4 Å². The van der Waals surface area contributed by atoms with Gasteiger partial charge in [0, 0.05) is 42.6 Å². The van der Waals surface area contributed by atoms with Gasteiger partial charge in [-0.25, -0.2) is 19.0 Å². The van der Waals surface area contributed by atoms with Crippen LogP contribution in [0.5, 0.6) is 5.75 Å². The predicted molar refractivity (Wildman–Crippen MR) is 157 cm³/mol. The first-order valence-electron chi connectivity index (χ1n) is 13.1. The zero-order valence-electron chi connectivity index (χ0n) is 23.5. The van der Waals surface area contributed by atoms with Crippen molar-refractivity contribution < 1.29 is 23.4 Å². The summed E-state index contributed by atoms with van der Waals surface area (Å²) in [5.74, 6) is 1.14. The Bertz CT molecular complexity index is 1720. The number of amides is 1. The van der Waals surface area contributed by atoms with Gasteiger partial charge in [-0.1, -0.05) is 13.2 Å². The number of halogens is 1. The van der Waals surface area contributed by atoms with Crippen molar-refractivity contribution in [3.8, 4) is 17.0 Å². The molecule has 0 spiro atoms. The summed E-state index contributed by atoms with van der Waals surface area (Å²) in [5.41, 5.74) is 8.36. The number of nitrogens with zero attached hydrogens (tertiary/aromatic N) is 6. The van der Waals surface area contributed by atoms with Crippen molar-refractivity contribution in [1.82, 2.24) is 24.6 Å². The molecule has 0 radical (unpaired) electrons. The lowest BCUT2D eigenvalue weighted by Crippen LogP contribution is -2.27. The SMILES string of the molecule is C=CN=C1C=C(OC)C(OC)=C/C1=C(/C)Oc1ccc(-c2nn([C@@H]3CCN(C(=O)C=C)C3)c3ncnc(N)c23)c(F)c1. The number of nitrogen functional groups attached to an aromatic ring is 1. The van der Waals surface area contributed by atoms with Crippen LogP contribution in [-0.2, 0) is 14.3 Å². The highest BCUT2D eigenvalue weighted by atomic mass is 19.1. The number of likely N-dealkylation sites (tertiary alicyclic amines) is 1.